The van der Waals surface area contributed by atoms with Crippen LogP contribution in [0.4, 0.5) is 0 Å². The minimum absolute atomic E-state index is 0.188. The number of hydrazine groups is 1. The molecular formula is C15H21N3OS. The lowest BCUT2D eigenvalue weighted by Crippen LogP contribution is -2.51. The molecule has 2 atom stereocenters. The second-order valence-corrected chi connectivity index (χ2v) is 5.70. The van der Waals surface area contributed by atoms with E-state index in [9.17, 15) is 4.79 Å². The van der Waals surface area contributed by atoms with E-state index in [1.54, 1.807) is 12.1 Å². The lowest BCUT2D eigenvalue weighted by molar-refractivity contribution is 0.0943. The molecule has 20 heavy (non-hydrogen) atoms. The molecule has 5 heteroatoms. The average molecular weight is 291 g/mol. The van der Waals surface area contributed by atoms with E-state index in [2.05, 4.69) is 23.1 Å². The summed E-state index contributed by atoms with van der Waals surface area (Å²) in [7, 11) is 0. The molecule has 0 heterocycles. The van der Waals surface area contributed by atoms with Gasteiger partial charge in [-0.3, -0.25) is 15.6 Å². The Kier molecular flexibility index (Phi) is 5.35. The van der Waals surface area contributed by atoms with Crippen molar-refractivity contribution in [1.29, 1.82) is 0 Å². The summed E-state index contributed by atoms with van der Waals surface area (Å²) in [5.74, 6) is 0.430. The third-order valence-electron chi connectivity index (χ3n) is 3.75. The van der Waals surface area contributed by atoms with Crippen LogP contribution in [0.1, 0.15) is 43.0 Å². The molecule has 1 aromatic carbocycles. The molecule has 1 aliphatic rings. The lowest BCUT2D eigenvalue weighted by Gasteiger charge is -2.30. The van der Waals surface area contributed by atoms with Gasteiger partial charge in [-0.25, -0.2) is 0 Å². The fourth-order valence-corrected chi connectivity index (χ4v) is 2.71. The molecule has 1 amide bonds. The molecule has 3 N–H and O–H groups in total. The van der Waals surface area contributed by atoms with Gasteiger partial charge in [0.15, 0.2) is 5.11 Å². The summed E-state index contributed by atoms with van der Waals surface area (Å²) in [5, 5.41) is 3.76. The Morgan fingerprint density at radius 3 is 2.55 bits per heavy atom. The van der Waals surface area contributed by atoms with E-state index in [1.165, 1.54) is 19.3 Å². The quantitative estimate of drug-likeness (QED) is 0.578. The van der Waals surface area contributed by atoms with E-state index in [0.717, 1.165) is 6.42 Å². The molecular weight excluding hydrogens is 270 g/mol. The highest BCUT2D eigenvalue weighted by atomic mass is 32.1. The number of carbonyl (C=O) groups is 1. The Balaban J connectivity index is 1.76. The standard InChI is InChI=1S/C15H21N3OS/c1-11-7-5-6-10-13(11)16-15(20)18-17-14(19)12-8-3-2-4-9-12/h2-4,8-9,11,13H,5-7,10H2,1H3,(H,17,19)(H2,16,18,20)/t11-,13+/m1/s1. The average Bonchev–Trinajstić information content (AvgIpc) is 2.48. The fraction of sp³-hybridized carbons (Fsp3) is 0.467. The minimum atomic E-state index is -0.188. The highest BCUT2D eigenvalue weighted by Crippen LogP contribution is 2.23. The van der Waals surface area contributed by atoms with Crippen LogP contribution in [0.3, 0.4) is 0 Å². The van der Waals surface area contributed by atoms with Gasteiger partial charge in [0.1, 0.15) is 0 Å². The summed E-state index contributed by atoms with van der Waals surface area (Å²) >= 11 is 5.22. The van der Waals surface area contributed by atoms with Crippen molar-refractivity contribution in [3.8, 4) is 0 Å². The lowest BCUT2D eigenvalue weighted by atomic mass is 9.86. The zero-order valence-corrected chi connectivity index (χ0v) is 12.5. The van der Waals surface area contributed by atoms with Gasteiger partial charge >= 0.3 is 0 Å². The topological polar surface area (TPSA) is 53.2 Å². The van der Waals surface area contributed by atoms with Crippen molar-refractivity contribution in [2.75, 3.05) is 0 Å². The molecule has 1 aromatic rings. The molecule has 0 aliphatic heterocycles. The number of benzene rings is 1. The first-order valence-electron chi connectivity index (χ1n) is 7.08. The van der Waals surface area contributed by atoms with Crippen LogP contribution in [-0.2, 0) is 0 Å². The van der Waals surface area contributed by atoms with E-state index < -0.39 is 0 Å². The van der Waals surface area contributed by atoms with Gasteiger partial charge < -0.3 is 5.32 Å². The predicted molar refractivity (Wildman–Crippen MR) is 84.2 cm³/mol. The second-order valence-electron chi connectivity index (χ2n) is 5.29. The normalized spacial score (nSPS) is 21.9. The number of nitrogens with one attached hydrogen (secondary N) is 3. The van der Waals surface area contributed by atoms with E-state index in [0.29, 0.717) is 22.6 Å². The Morgan fingerprint density at radius 1 is 1.15 bits per heavy atom. The molecule has 0 unspecified atom stereocenters. The monoisotopic (exact) mass is 291 g/mol. The van der Waals surface area contributed by atoms with Crippen LogP contribution in [0.5, 0.6) is 0 Å². The SMILES string of the molecule is C[C@@H]1CCCC[C@@H]1NC(=S)NNC(=O)c1ccccc1. The number of amides is 1. The van der Waals surface area contributed by atoms with Crippen molar-refractivity contribution in [3.63, 3.8) is 0 Å². The van der Waals surface area contributed by atoms with E-state index in [-0.39, 0.29) is 5.91 Å². The highest BCUT2D eigenvalue weighted by molar-refractivity contribution is 7.80. The summed E-state index contributed by atoms with van der Waals surface area (Å²) in [6.45, 7) is 2.24. The van der Waals surface area contributed by atoms with Crippen molar-refractivity contribution in [2.45, 2.75) is 38.6 Å². The summed E-state index contributed by atoms with van der Waals surface area (Å²) in [5.41, 5.74) is 5.99. The maximum absolute atomic E-state index is 11.8. The van der Waals surface area contributed by atoms with Gasteiger partial charge in [-0.1, -0.05) is 38.0 Å². The van der Waals surface area contributed by atoms with Crippen LogP contribution >= 0.6 is 12.2 Å². The molecule has 0 spiro atoms. The number of thiocarbonyl (C=S) groups is 1. The summed E-state index contributed by atoms with van der Waals surface area (Å²) in [6, 6.07) is 9.45. The van der Waals surface area contributed by atoms with Gasteiger partial charge in [-0.05, 0) is 43.1 Å². The zero-order valence-electron chi connectivity index (χ0n) is 11.7. The first-order chi connectivity index (χ1) is 9.66. The molecule has 0 radical (unpaired) electrons. The second kappa shape index (κ2) is 7.24. The maximum Gasteiger partial charge on any atom is 0.269 e. The summed E-state index contributed by atoms with van der Waals surface area (Å²) in [6.07, 6.45) is 4.90. The van der Waals surface area contributed by atoms with Crippen LogP contribution in [0.25, 0.3) is 0 Å². The van der Waals surface area contributed by atoms with Gasteiger partial charge in [0.25, 0.3) is 5.91 Å². The van der Waals surface area contributed by atoms with Crippen molar-refractivity contribution < 1.29 is 4.79 Å². The summed E-state index contributed by atoms with van der Waals surface area (Å²) < 4.78 is 0. The number of rotatable bonds is 2. The third kappa shape index (κ3) is 4.20. The molecule has 0 saturated heterocycles. The maximum atomic E-state index is 11.8. The van der Waals surface area contributed by atoms with Crippen molar-refractivity contribution >= 4 is 23.2 Å². The van der Waals surface area contributed by atoms with Crippen LogP contribution in [0.2, 0.25) is 0 Å². The third-order valence-corrected chi connectivity index (χ3v) is 3.97. The van der Waals surface area contributed by atoms with E-state index in [4.69, 9.17) is 12.2 Å². The van der Waals surface area contributed by atoms with Gasteiger partial charge in [0.2, 0.25) is 0 Å². The smallest absolute Gasteiger partial charge is 0.269 e. The predicted octanol–water partition coefficient (Wildman–Crippen LogP) is 2.37. The van der Waals surface area contributed by atoms with Crippen molar-refractivity contribution in [1.82, 2.24) is 16.2 Å². The van der Waals surface area contributed by atoms with E-state index in [1.807, 2.05) is 18.2 Å². The number of hydrogen-bond donors (Lipinski definition) is 3. The fourth-order valence-electron chi connectivity index (χ4n) is 2.51. The molecule has 1 fully saturated rings. The van der Waals surface area contributed by atoms with Gasteiger partial charge in [-0.15, -0.1) is 0 Å². The minimum Gasteiger partial charge on any atom is -0.358 e. The van der Waals surface area contributed by atoms with Crippen LogP contribution in [0.15, 0.2) is 30.3 Å². The first-order valence-corrected chi connectivity index (χ1v) is 7.49. The Bertz CT molecular complexity index is 463. The molecule has 4 nitrogen and oxygen atoms in total. The number of carbonyl (C=O) groups excluding carboxylic acids is 1. The Labute approximate surface area is 125 Å². The highest BCUT2D eigenvalue weighted by Gasteiger charge is 2.21. The molecule has 108 valence electrons. The molecule has 0 aromatic heterocycles. The zero-order chi connectivity index (χ0) is 14.4. The Morgan fingerprint density at radius 2 is 1.85 bits per heavy atom. The molecule has 2 rings (SSSR count). The van der Waals surface area contributed by atoms with Crippen molar-refractivity contribution in [3.05, 3.63) is 35.9 Å². The molecule has 0 bridgehead atoms. The summed E-state index contributed by atoms with van der Waals surface area (Å²) in [4.78, 5) is 11.8. The van der Waals surface area contributed by atoms with Crippen LogP contribution in [-0.4, -0.2) is 17.1 Å². The van der Waals surface area contributed by atoms with Gasteiger partial charge in [0, 0.05) is 11.6 Å². The molecule has 1 aliphatic carbocycles. The van der Waals surface area contributed by atoms with E-state index >= 15 is 0 Å². The Hall–Kier alpha value is -1.62. The van der Waals surface area contributed by atoms with Gasteiger partial charge in [-0.2, -0.15) is 0 Å². The van der Waals surface area contributed by atoms with Crippen LogP contribution in [0, 0.1) is 5.92 Å². The van der Waals surface area contributed by atoms with Gasteiger partial charge in [0.05, 0.1) is 0 Å². The largest absolute Gasteiger partial charge is 0.358 e. The number of hydrogen-bond acceptors (Lipinski definition) is 2. The molecule has 1 saturated carbocycles. The first kappa shape index (κ1) is 14.8. The van der Waals surface area contributed by atoms with Crippen molar-refractivity contribution in [2.24, 2.45) is 5.92 Å². The van der Waals surface area contributed by atoms with Crippen LogP contribution < -0.4 is 16.2 Å².